The van der Waals surface area contributed by atoms with Crippen molar-refractivity contribution in [2.75, 3.05) is 18.4 Å². The summed E-state index contributed by atoms with van der Waals surface area (Å²) >= 11 is 7.59. The summed E-state index contributed by atoms with van der Waals surface area (Å²) in [5.74, 6) is 0.107. The highest BCUT2D eigenvalue weighted by molar-refractivity contribution is 7.09. The molecule has 0 radical (unpaired) electrons. The van der Waals surface area contributed by atoms with Crippen LogP contribution in [0, 0.1) is 13.8 Å². The number of anilines is 1. The Morgan fingerprint density at radius 3 is 2.73 bits per heavy atom. The van der Waals surface area contributed by atoms with Gasteiger partial charge in [0.1, 0.15) is 18.9 Å². The van der Waals surface area contributed by atoms with E-state index in [-0.39, 0.29) is 18.4 Å². The smallest absolute Gasteiger partial charge is 0.247 e. The molecule has 1 N–H and O–H groups in total. The zero-order valence-electron chi connectivity index (χ0n) is 18.8. The van der Waals surface area contributed by atoms with Gasteiger partial charge in [-0.1, -0.05) is 35.9 Å². The topological polar surface area (TPSA) is 71.5 Å². The number of hydrogen-bond donors (Lipinski definition) is 1. The van der Waals surface area contributed by atoms with Gasteiger partial charge in [0.15, 0.2) is 0 Å². The van der Waals surface area contributed by atoms with E-state index in [4.69, 9.17) is 16.3 Å². The van der Waals surface area contributed by atoms with E-state index in [0.29, 0.717) is 29.6 Å². The Labute approximate surface area is 202 Å². The van der Waals surface area contributed by atoms with E-state index in [1.165, 1.54) is 11.0 Å². The van der Waals surface area contributed by atoms with Gasteiger partial charge < -0.3 is 15.0 Å². The van der Waals surface area contributed by atoms with Crippen LogP contribution in [-0.2, 0) is 16.2 Å². The second-order valence-electron chi connectivity index (χ2n) is 7.38. The molecular formula is C25H26ClN3O3S. The fraction of sp³-hybridized carbons (Fsp3) is 0.240. The molecule has 1 heterocycles. The summed E-state index contributed by atoms with van der Waals surface area (Å²) in [5.41, 5.74) is 3.16. The van der Waals surface area contributed by atoms with Crippen LogP contribution in [0.4, 0.5) is 5.69 Å². The highest BCUT2D eigenvalue weighted by Gasteiger charge is 2.14. The summed E-state index contributed by atoms with van der Waals surface area (Å²) in [5, 5.41) is 6.31. The number of ether oxygens (including phenoxy) is 1. The second kappa shape index (κ2) is 11.6. The molecule has 0 aliphatic heterocycles. The number of nitrogens with zero attached hydrogens (tertiary/aromatic N) is 2. The highest BCUT2D eigenvalue weighted by Crippen LogP contribution is 2.22. The number of amides is 2. The number of aryl methyl sites for hydroxylation is 2. The number of benzene rings is 2. The van der Waals surface area contributed by atoms with Crippen LogP contribution < -0.4 is 10.1 Å². The van der Waals surface area contributed by atoms with Crippen molar-refractivity contribution in [1.82, 2.24) is 9.88 Å². The fourth-order valence-electron chi connectivity index (χ4n) is 3.08. The zero-order valence-corrected chi connectivity index (χ0v) is 20.4. The Kier molecular flexibility index (Phi) is 8.63. The van der Waals surface area contributed by atoms with Gasteiger partial charge in [0.05, 0.1) is 10.7 Å². The first-order chi connectivity index (χ1) is 15.9. The molecule has 3 rings (SSSR count). The van der Waals surface area contributed by atoms with Gasteiger partial charge in [0, 0.05) is 34.3 Å². The number of nitrogens with one attached hydrogen (secondary N) is 1. The van der Waals surface area contributed by atoms with E-state index in [1.54, 1.807) is 29.5 Å². The van der Waals surface area contributed by atoms with Gasteiger partial charge >= 0.3 is 0 Å². The molecule has 33 heavy (non-hydrogen) atoms. The van der Waals surface area contributed by atoms with Crippen molar-refractivity contribution in [3.8, 4) is 5.75 Å². The number of carbonyl (C=O) groups excluding carboxylic acids is 2. The Balaban J connectivity index is 1.62. The number of likely N-dealkylation sites (N-methyl/N-ethyl adjacent to an activating group) is 1. The van der Waals surface area contributed by atoms with Crippen LogP contribution in [0.25, 0.3) is 6.08 Å². The quantitative estimate of drug-likeness (QED) is 0.408. The molecule has 0 fully saturated rings. The number of halogens is 1. The molecule has 0 unspecified atom stereocenters. The molecule has 6 nitrogen and oxygen atoms in total. The Hall–Kier alpha value is -3.16. The molecule has 2 amide bonds. The molecule has 172 valence electrons. The average molecular weight is 484 g/mol. The number of aromatic nitrogens is 1. The summed E-state index contributed by atoms with van der Waals surface area (Å²) in [4.78, 5) is 31.1. The van der Waals surface area contributed by atoms with Crippen molar-refractivity contribution in [3.63, 3.8) is 0 Å². The molecule has 0 saturated carbocycles. The first-order valence-electron chi connectivity index (χ1n) is 10.5. The van der Waals surface area contributed by atoms with Gasteiger partial charge in [-0.3, -0.25) is 9.59 Å². The maximum atomic E-state index is 12.7. The second-order valence-corrected chi connectivity index (χ2v) is 8.88. The lowest BCUT2D eigenvalue weighted by Gasteiger charge is -2.19. The summed E-state index contributed by atoms with van der Waals surface area (Å²) in [6, 6.07) is 12.8. The van der Waals surface area contributed by atoms with Crippen LogP contribution in [0.5, 0.6) is 5.75 Å². The predicted molar refractivity (Wildman–Crippen MR) is 134 cm³/mol. The van der Waals surface area contributed by atoms with Crippen molar-refractivity contribution in [2.45, 2.75) is 27.4 Å². The number of rotatable bonds is 9. The van der Waals surface area contributed by atoms with Crippen LogP contribution in [0.3, 0.4) is 0 Å². The Morgan fingerprint density at radius 2 is 2.00 bits per heavy atom. The minimum absolute atomic E-state index is 0.0625. The maximum Gasteiger partial charge on any atom is 0.247 e. The van der Waals surface area contributed by atoms with Crippen LogP contribution in [0.2, 0.25) is 5.02 Å². The molecule has 0 spiro atoms. The number of hydrogen-bond acceptors (Lipinski definition) is 5. The van der Waals surface area contributed by atoms with E-state index in [9.17, 15) is 9.59 Å². The number of thiazole rings is 1. The lowest BCUT2D eigenvalue weighted by Crippen LogP contribution is -2.37. The molecule has 8 heteroatoms. The third kappa shape index (κ3) is 7.17. The van der Waals surface area contributed by atoms with Crippen molar-refractivity contribution < 1.29 is 14.3 Å². The van der Waals surface area contributed by atoms with Gasteiger partial charge in [0.2, 0.25) is 11.8 Å². The minimum atomic E-state index is -0.286. The summed E-state index contributed by atoms with van der Waals surface area (Å²) in [6.45, 7) is 6.35. The number of para-hydroxylation sites is 1. The van der Waals surface area contributed by atoms with Crippen LogP contribution in [0.15, 0.2) is 53.9 Å². The predicted octanol–water partition coefficient (Wildman–Crippen LogP) is 5.49. The molecule has 0 saturated heterocycles. The number of carbonyl (C=O) groups is 2. The Bertz CT molecular complexity index is 1160. The molecular weight excluding hydrogens is 458 g/mol. The molecule has 2 aromatic carbocycles. The summed E-state index contributed by atoms with van der Waals surface area (Å²) in [6.07, 6.45) is 3.16. The van der Waals surface area contributed by atoms with E-state index in [2.05, 4.69) is 10.3 Å². The third-order valence-corrected chi connectivity index (χ3v) is 5.93. The van der Waals surface area contributed by atoms with Crippen LogP contribution in [-0.4, -0.2) is 34.8 Å². The van der Waals surface area contributed by atoms with Crippen molar-refractivity contribution >= 4 is 46.5 Å². The minimum Gasteiger partial charge on any atom is -0.487 e. The highest BCUT2D eigenvalue weighted by atomic mass is 35.5. The first kappa shape index (κ1) is 24.5. The Morgan fingerprint density at radius 1 is 1.21 bits per heavy atom. The largest absolute Gasteiger partial charge is 0.487 e. The van der Waals surface area contributed by atoms with E-state index in [1.807, 2.05) is 56.5 Å². The molecule has 0 bridgehead atoms. The maximum absolute atomic E-state index is 12.7. The standard InChI is InChI=1S/C25H26ClN3O3S/c1-4-29(14-24(30)28-22-13-20(26)11-9-17(22)2)25(31)12-10-19-7-5-6-8-23(19)32-15-21-16-33-18(3)27-21/h5-13,16H,4,14-15H2,1-3H3,(H,28,30)/b12-10+. The molecule has 0 aliphatic rings. The van der Waals surface area contributed by atoms with Gasteiger partial charge in [-0.05, 0) is 50.6 Å². The average Bonchev–Trinajstić information content (AvgIpc) is 3.22. The van der Waals surface area contributed by atoms with Crippen molar-refractivity contribution in [2.24, 2.45) is 0 Å². The van der Waals surface area contributed by atoms with E-state index >= 15 is 0 Å². The van der Waals surface area contributed by atoms with Gasteiger partial charge in [-0.2, -0.15) is 0 Å². The molecule has 0 aliphatic carbocycles. The van der Waals surface area contributed by atoms with E-state index in [0.717, 1.165) is 21.8 Å². The fourth-order valence-corrected chi connectivity index (χ4v) is 3.85. The van der Waals surface area contributed by atoms with Crippen LogP contribution in [0.1, 0.15) is 28.8 Å². The van der Waals surface area contributed by atoms with Crippen molar-refractivity contribution in [3.05, 3.63) is 80.8 Å². The lowest BCUT2D eigenvalue weighted by molar-refractivity contribution is -0.130. The van der Waals surface area contributed by atoms with Crippen molar-refractivity contribution in [1.29, 1.82) is 0 Å². The summed E-state index contributed by atoms with van der Waals surface area (Å²) in [7, 11) is 0. The lowest BCUT2D eigenvalue weighted by atomic mass is 10.2. The molecule has 0 atom stereocenters. The third-order valence-electron chi connectivity index (χ3n) is 4.87. The monoisotopic (exact) mass is 483 g/mol. The first-order valence-corrected chi connectivity index (χ1v) is 11.8. The van der Waals surface area contributed by atoms with E-state index < -0.39 is 0 Å². The normalized spacial score (nSPS) is 10.9. The zero-order chi connectivity index (χ0) is 23.8. The van der Waals surface area contributed by atoms with Gasteiger partial charge in [-0.15, -0.1) is 11.3 Å². The van der Waals surface area contributed by atoms with Gasteiger partial charge in [-0.25, -0.2) is 4.98 Å². The summed E-state index contributed by atoms with van der Waals surface area (Å²) < 4.78 is 5.90. The van der Waals surface area contributed by atoms with Crippen LogP contribution >= 0.6 is 22.9 Å². The SMILES string of the molecule is CCN(CC(=O)Nc1cc(Cl)ccc1C)C(=O)/C=C/c1ccccc1OCc1csc(C)n1. The molecule has 1 aromatic heterocycles. The molecule has 3 aromatic rings. The van der Waals surface area contributed by atoms with Gasteiger partial charge in [0.25, 0.3) is 0 Å².